The lowest BCUT2D eigenvalue weighted by Crippen LogP contribution is -2.19. The average molecular weight is 220 g/mol. The minimum absolute atomic E-state index is 0.107. The smallest absolute Gasteiger partial charge is 0.183 e. The van der Waals surface area contributed by atoms with Gasteiger partial charge in [-0.15, -0.1) is 0 Å². The Balaban J connectivity index is 2.17. The van der Waals surface area contributed by atoms with Crippen LogP contribution < -0.4 is 0 Å². The molecule has 0 spiro atoms. The van der Waals surface area contributed by atoms with Gasteiger partial charge in [-0.1, -0.05) is 36.9 Å². The van der Waals surface area contributed by atoms with E-state index in [0.29, 0.717) is 6.61 Å². The Labute approximate surface area is 95.7 Å². The average Bonchev–Trinajstić information content (AvgIpc) is 2.34. The van der Waals surface area contributed by atoms with E-state index < -0.39 is 6.10 Å². The second kappa shape index (κ2) is 6.93. The summed E-state index contributed by atoms with van der Waals surface area (Å²) in [6.07, 6.45) is 0.760. The monoisotopic (exact) mass is 220 g/mol. The fraction of sp³-hybridized carbons (Fsp3) is 0.308. The summed E-state index contributed by atoms with van der Waals surface area (Å²) in [7, 11) is 0. The van der Waals surface area contributed by atoms with Gasteiger partial charge in [0, 0.05) is 0 Å². The molecule has 16 heavy (non-hydrogen) atoms. The van der Waals surface area contributed by atoms with Crippen molar-refractivity contribution in [1.82, 2.24) is 0 Å². The first kappa shape index (κ1) is 12.6. The minimum atomic E-state index is -0.492. The number of hydrogen-bond donors (Lipinski definition) is 0. The van der Waals surface area contributed by atoms with Crippen molar-refractivity contribution in [3.05, 3.63) is 48.6 Å². The number of carbonyl (C=O) groups is 1. The SMILES string of the molecule is C=CC(=O)[C@H](C)OCOCc1ccccc1. The summed E-state index contributed by atoms with van der Waals surface area (Å²) in [5.74, 6) is -0.136. The van der Waals surface area contributed by atoms with Crippen molar-refractivity contribution >= 4 is 5.78 Å². The molecule has 1 rings (SSSR count). The summed E-state index contributed by atoms with van der Waals surface area (Å²) in [4.78, 5) is 11.1. The topological polar surface area (TPSA) is 35.5 Å². The van der Waals surface area contributed by atoms with Gasteiger partial charge in [-0.05, 0) is 18.6 Å². The quantitative estimate of drug-likeness (QED) is 0.402. The summed E-state index contributed by atoms with van der Waals surface area (Å²) in [6.45, 7) is 5.65. The van der Waals surface area contributed by atoms with E-state index in [4.69, 9.17) is 9.47 Å². The molecule has 0 heterocycles. The molecule has 3 nitrogen and oxygen atoms in total. The lowest BCUT2D eigenvalue weighted by molar-refractivity contribution is -0.136. The highest BCUT2D eigenvalue weighted by Gasteiger charge is 2.08. The molecule has 0 saturated carbocycles. The number of hydrogen-bond acceptors (Lipinski definition) is 3. The Morgan fingerprint density at radius 1 is 1.44 bits per heavy atom. The molecule has 0 aliphatic heterocycles. The lowest BCUT2D eigenvalue weighted by atomic mass is 10.2. The Bertz CT molecular complexity index is 332. The molecule has 0 fully saturated rings. The maximum absolute atomic E-state index is 11.1. The zero-order chi connectivity index (χ0) is 11.8. The van der Waals surface area contributed by atoms with Crippen molar-refractivity contribution in [2.24, 2.45) is 0 Å². The van der Waals surface area contributed by atoms with Gasteiger partial charge in [-0.3, -0.25) is 4.79 Å². The molecule has 0 unspecified atom stereocenters. The third kappa shape index (κ3) is 4.38. The van der Waals surface area contributed by atoms with Crippen LogP contribution in [0.3, 0.4) is 0 Å². The Morgan fingerprint density at radius 3 is 2.75 bits per heavy atom. The summed E-state index contributed by atoms with van der Waals surface area (Å²) >= 11 is 0. The van der Waals surface area contributed by atoms with Gasteiger partial charge >= 0.3 is 0 Å². The Morgan fingerprint density at radius 2 is 2.12 bits per heavy atom. The van der Waals surface area contributed by atoms with Crippen LogP contribution in [0, 0.1) is 0 Å². The molecule has 1 aromatic carbocycles. The van der Waals surface area contributed by atoms with E-state index in [1.165, 1.54) is 6.08 Å². The van der Waals surface area contributed by atoms with Crippen LogP contribution in [0.25, 0.3) is 0 Å². The molecule has 0 N–H and O–H groups in total. The summed E-state index contributed by atoms with van der Waals surface area (Å²) < 4.78 is 10.4. The van der Waals surface area contributed by atoms with E-state index in [-0.39, 0.29) is 12.6 Å². The zero-order valence-electron chi connectivity index (χ0n) is 9.39. The molecule has 0 bridgehead atoms. The largest absolute Gasteiger partial charge is 0.351 e. The molecule has 0 aromatic heterocycles. The van der Waals surface area contributed by atoms with Crippen molar-refractivity contribution in [3.8, 4) is 0 Å². The maximum Gasteiger partial charge on any atom is 0.183 e. The highest BCUT2D eigenvalue weighted by atomic mass is 16.7. The lowest BCUT2D eigenvalue weighted by Gasteiger charge is -2.10. The van der Waals surface area contributed by atoms with Crippen molar-refractivity contribution in [2.75, 3.05) is 6.79 Å². The maximum atomic E-state index is 11.1. The molecule has 0 radical (unpaired) electrons. The highest BCUT2D eigenvalue weighted by molar-refractivity contribution is 5.92. The van der Waals surface area contributed by atoms with Crippen LogP contribution in [0.1, 0.15) is 12.5 Å². The van der Waals surface area contributed by atoms with E-state index in [1.807, 2.05) is 30.3 Å². The number of ketones is 1. The van der Waals surface area contributed by atoms with Gasteiger partial charge in [0.05, 0.1) is 6.61 Å². The van der Waals surface area contributed by atoms with Gasteiger partial charge in [0.1, 0.15) is 12.9 Å². The number of carbonyl (C=O) groups excluding carboxylic acids is 1. The van der Waals surface area contributed by atoms with Gasteiger partial charge in [0.25, 0.3) is 0 Å². The molecular formula is C13H16O3. The fourth-order valence-electron chi connectivity index (χ4n) is 1.13. The second-order valence-electron chi connectivity index (χ2n) is 3.37. The number of ether oxygens (including phenoxy) is 2. The Hall–Kier alpha value is -1.45. The van der Waals surface area contributed by atoms with E-state index >= 15 is 0 Å². The van der Waals surface area contributed by atoms with Crippen LogP contribution in [-0.4, -0.2) is 18.7 Å². The molecule has 3 heteroatoms. The minimum Gasteiger partial charge on any atom is -0.351 e. The van der Waals surface area contributed by atoms with Crippen LogP contribution in [0.4, 0.5) is 0 Å². The predicted octanol–water partition coefficient (Wildman–Crippen LogP) is 2.32. The molecule has 0 saturated heterocycles. The summed E-state index contributed by atoms with van der Waals surface area (Å²) in [5, 5.41) is 0. The molecule has 86 valence electrons. The van der Waals surface area contributed by atoms with Crippen LogP contribution in [0.15, 0.2) is 43.0 Å². The summed E-state index contributed by atoms with van der Waals surface area (Å²) in [6, 6.07) is 9.79. The van der Waals surface area contributed by atoms with Crippen molar-refractivity contribution in [2.45, 2.75) is 19.6 Å². The van der Waals surface area contributed by atoms with Gasteiger partial charge in [-0.25, -0.2) is 0 Å². The van der Waals surface area contributed by atoms with E-state index in [2.05, 4.69) is 6.58 Å². The first-order chi connectivity index (χ1) is 7.74. The van der Waals surface area contributed by atoms with Gasteiger partial charge in [0.15, 0.2) is 5.78 Å². The molecule has 1 atom stereocenters. The number of benzene rings is 1. The van der Waals surface area contributed by atoms with Crippen LogP contribution in [0.5, 0.6) is 0 Å². The fourth-order valence-corrected chi connectivity index (χ4v) is 1.13. The third-order valence-corrected chi connectivity index (χ3v) is 2.11. The van der Waals surface area contributed by atoms with Crippen LogP contribution in [-0.2, 0) is 20.9 Å². The molecular weight excluding hydrogens is 204 g/mol. The molecule has 0 aliphatic rings. The first-order valence-electron chi connectivity index (χ1n) is 5.13. The number of rotatable bonds is 7. The van der Waals surface area contributed by atoms with Crippen molar-refractivity contribution < 1.29 is 14.3 Å². The first-order valence-corrected chi connectivity index (χ1v) is 5.13. The zero-order valence-corrected chi connectivity index (χ0v) is 9.39. The standard InChI is InChI=1S/C13H16O3/c1-3-13(14)11(2)16-10-15-9-12-7-5-4-6-8-12/h3-8,11H,1,9-10H2,2H3/t11-/m0/s1. The van der Waals surface area contributed by atoms with E-state index in [1.54, 1.807) is 6.92 Å². The third-order valence-electron chi connectivity index (χ3n) is 2.11. The van der Waals surface area contributed by atoms with Gasteiger partial charge in [0.2, 0.25) is 0 Å². The second-order valence-corrected chi connectivity index (χ2v) is 3.37. The normalized spacial score (nSPS) is 12.1. The molecule has 1 aromatic rings. The van der Waals surface area contributed by atoms with Crippen LogP contribution >= 0.6 is 0 Å². The highest BCUT2D eigenvalue weighted by Crippen LogP contribution is 2.01. The van der Waals surface area contributed by atoms with Crippen molar-refractivity contribution in [1.29, 1.82) is 0 Å². The predicted molar refractivity (Wildman–Crippen MR) is 61.8 cm³/mol. The van der Waals surface area contributed by atoms with Crippen LogP contribution in [0.2, 0.25) is 0 Å². The molecule has 0 aliphatic carbocycles. The van der Waals surface area contributed by atoms with E-state index in [9.17, 15) is 4.79 Å². The van der Waals surface area contributed by atoms with Gasteiger partial charge < -0.3 is 9.47 Å². The van der Waals surface area contributed by atoms with Gasteiger partial charge in [-0.2, -0.15) is 0 Å². The van der Waals surface area contributed by atoms with E-state index in [0.717, 1.165) is 5.56 Å². The molecule has 0 amide bonds. The van der Waals surface area contributed by atoms with Crippen molar-refractivity contribution in [3.63, 3.8) is 0 Å². The summed E-state index contributed by atoms with van der Waals surface area (Å²) in [5.41, 5.74) is 1.08. The Kier molecular flexibility index (Phi) is 5.46.